The zero-order valence-electron chi connectivity index (χ0n) is 18.4. The Morgan fingerprint density at radius 2 is 1.67 bits per heavy atom. The SMILES string of the molecule is COc1cccc(/C=N\NC(=O)c2ccc(COc3ccc4ccccc4c3)cc2)c1OC. The van der Waals surface area contributed by atoms with Crippen molar-refractivity contribution in [2.75, 3.05) is 14.2 Å². The number of benzene rings is 4. The van der Waals surface area contributed by atoms with E-state index in [1.54, 1.807) is 32.4 Å². The van der Waals surface area contributed by atoms with Gasteiger partial charge in [0, 0.05) is 11.1 Å². The van der Waals surface area contributed by atoms with Gasteiger partial charge in [0.2, 0.25) is 0 Å². The Balaban J connectivity index is 1.34. The smallest absolute Gasteiger partial charge is 0.271 e. The first-order valence-electron chi connectivity index (χ1n) is 10.4. The Labute approximate surface area is 192 Å². The lowest BCUT2D eigenvalue weighted by atomic mass is 10.1. The number of hydrogen-bond donors (Lipinski definition) is 1. The van der Waals surface area contributed by atoms with Crippen molar-refractivity contribution in [1.82, 2.24) is 5.43 Å². The Bertz CT molecular complexity index is 1280. The number of amides is 1. The lowest BCUT2D eigenvalue weighted by Crippen LogP contribution is -2.17. The fourth-order valence-electron chi connectivity index (χ4n) is 3.41. The number of hydrazone groups is 1. The van der Waals surface area contributed by atoms with Crippen molar-refractivity contribution in [1.29, 1.82) is 0 Å². The molecule has 33 heavy (non-hydrogen) atoms. The predicted molar refractivity (Wildman–Crippen MR) is 129 cm³/mol. The first-order valence-corrected chi connectivity index (χ1v) is 10.4. The summed E-state index contributed by atoms with van der Waals surface area (Å²) in [5.41, 5.74) is 4.69. The Hall–Kier alpha value is -4.32. The van der Waals surface area contributed by atoms with Crippen molar-refractivity contribution in [3.05, 3.63) is 102 Å². The summed E-state index contributed by atoms with van der Waals surface area (Å²) in [6, 6.07) is 26.8. The third-order valence-electron chi connectivity index (χ3n) is 5.15. The number of methoxy groups -OCH3 is 2. The highest BCUT2D eigenvalue weighted by molar-refractivity contribution is 5.95. The van der Waals surface area contributed by atoms with Crippen LogP contribution in [-0.4, -0.2) is 26.3 Å². The van der Waals surface area contributed by atoms with E-state index in [2.05, 4.69) is 22.7 Å². The van der Waals surface area contributed by atoms with Crippen molar-refractivity contribution >= 4 is 22.9 Å². The largest absolute Gasteiger partial charge is 0.493 e. The second-order valence-corrected chi connectivity index (χ2v) is 7.28. The van der Waals surface area contributed by atoms with Gasteiger partial charge < -0.3 is 14.2 Å². The van der Waals surface area contributed by atoms with Crippen LogP contribution in [0.1, 0.15) is 21.5 Å². The minimum atomic E-state index is -0.310. The van der Waals surface area contributed by atoms with Crippen LogP contribution in [0.2, 0.25) is 0 Å². The molecule has 0 fully saturated rings. The molecule has 166 valence electrons. The van der Waals surface area contributed by atoms with Gasteiger partial charge in [0.1, 0.15) is 12.4 Å². The molecule has 0 aliphatic heterocycles. The predicted octanol–water partition coefficient (Wildman–Crippen LogP) is 5.20. The summed E-state index contributed by atoms with van der Waals surface area (Å²) in [4.78, 5) is 12.4. The number of fused-ring (bicyclic) bond motifs is 1. The molecule has 0 aromatic heterocycles. The van der Waals surface area contributed by atoms with Crippen molar-refractivity contribution in [2.24, 2.45) is 5.10 Å². The van der Waals surface area contributed by atoms with E-state index in [9.17, 15) is 4.79 Å². The molecule has 6 nitrogen and oxygen atoms in total. The normalized spacial score (nSPS) is 10.8. The first kappa shape index (κ1) is 21.9. The quantitative estimate of drug-likeness (QED) is 0.302. The minimum Gasteiger partial charge on any atom is -0.493 e. The molecular formula is C27H24N2O4. The van der Waals surface area contributed by atoms with Crippen LogP contribution in [0.3, 0.4) is 0 Å². The molecule has 1 N–H and O–H groups in total. The van der Waals surface area contributed by atoms with E-state index in [4.69, 9.17) is 14.2 Å². The molecule has 4 rings (SSSR count). The summed E-state index contributed by atoms with van der Waals surface area (Å²) in [6.07, 6.45) is 1.52. The molecule has 0 saturated carbocycles. The summed E-state index contributed by atoms with van der Waals surface area (Å²) in [5.74, 6) is 1.64. The van der Waals surface area contributed by atoms with Crippen LogP contribution < -0.4 is 19.6 Å². The summed E-state index contributed by atoms with van der Waals surface area (Å²) in [7, 11) is 3.12. The molecule has 0 aliphatic carbocycles. The van der Waals surface area contributed by atoms with Crippen molar-refractivity contribution in [2.45, 2.75) is 6.61 Å². The number of ether oxygens (including phenoxy) is 3. The van der Waals surface area contributed by atoms with Gasteiger partial charge in [-0.25, -0.2) is 5.43 Å². The van der Waals surface area contributed by atoms with Crippen molar-refractivity contribution in [3.8, 4) is 17.2 Å². The molecule has 0 radical (unpaired) electrons. The highest BCUT2D eigenvalue weighted by Crippen LogP contribution is 2.29. The van der Waals surface area contributed by atoms with Crippen LogP contribution in [0.25, 0.3) is 10.8 Å². The lowest BCUT2D eigenvalue weighted by molar-refractivity contribution is 0.0955. The average molecular weight is 440 g/mol. The zero-order valence-corrected chi connectivity index (χ0v) is 18.4. The van der Waals surface area contributed by atoms with E-state index in [1.165, 1.54) is 11.6 Å². The number of carbonyl (C=O) groups is 1. The van der Waals surface area contributed by atoms with Gasteiger partial charge in [-0.05, 0) is 52.7 Å². The fraction of sp³-hybridized carbons (Fsp3) is 0.111. The third kappa shape index (κ3) is 5.30. The number of rotatable bonds is 8. The molecule has 0 saturated heterocycles. The number of carbonyl (C=O) groups excluding carboxylic acids is 1. The molecule has 4 aromatic rings. The molecule has 0 spiro atoms. The Kier molecular flexibility index (Phi) is 6.85. The van der Waals surface area contributed by atoms with Gasteiger partial charge in [0.15, 0.2) is 11.5 Å². The van der Waals surface area contributed by atoms with Gasteiger partial charge in [-0.2, -0.15) is 5.10 Å². The molecule has 4 aromatic carbocycles. The van der Waals surface area contributed by atoms with Gasteiger partial charge in [0.25, 0.3) is 5.91 Å². The number of nitrogens with zero attached hydrogens (tertiary/aromatic N) is 1. The number of hydrogen-bond acceptors (Lipinski definition) is 5. The van der Waals surface area contributed by atoms with Crippen LogP contribution in [0.4, 0.5) is 0 Å². The van der Waals surface area contributed by atoms with E-state index in [0.29, 0.717) is 29.2 Å². The van der Waals surface area contributed by atoms with Crippen LogP contribution in [0.5, 0.6) is 17.2 Å². The molecule has 0 aliphatic rings. The summed E-state index contributed by atoms with van der Waals surface area (Å²) in [5, 5.41) is 6.35. The molecule has 0 unspecified atom stereocenters. The maximum absolute atomic E-state index is 12.4. The van der Waals surface area contributed by atoms with Crippen LogP contribution in [-0.2, 0) is 6.61 Å². The minimum absolute atomic E-state index is 0.310. The van der Waals surface area contributed by atoms with Crippen molar-refractivity contribution in [3.63, 3.8) is 0 Å². The molecule has 0 heterocycles. The molecule has 0 atom stereocenters. The monoisotopic (exact) mass is 440 g/mol. The van der Waals surface area contributed by atoms with E-state index in [1.807, 2.05) is 54.6 Å². The summed E-state index contributed by atoms with van der Waals surface area (Å²) in [6.45, 7) is 0.411. The molecule has 1 amide bonds. The van der Waals surface area contributed by atoms with Crippen molar-refractivity contribution < 1.29 is 19.0 Å². The zero-order chi connectivity index (χ0) is 23.0. The average Bonchev–Trinajstić information content (AvgIpc) is 2.87. The van der Waals surface area contributed by atoms with Crippen LogP contribution >= 0.6 is 0 Å². The number of nitrogens with one attached hydrogen (secondary N) is 1. The second kappa shape index (κ2) is 10.3. The standard InChI is InChI=1S/C27H24N2O4/c1-31-25-9-5-8-23(26(25)32-2)17-28-29-27(30)21-12-10-19(11-13-21)18-33-24-15-14-20-6-3-4-7-22(20)16-24/h3-17H,18H2,1-2H3,(H,29,30)/b28-17-. The lowest BCUT2D eigenvalue weighted by Gasteiger charge is -2.09. The maximum atomic E-state index is 12.4. The number of para-hydroxylation sites is 1. The molecular weight excluding hydrogens is 416 g/mol. The van der Waals surface area contributed by atoms with Gasteiger partial charge in [-0.1, -0.05) is 48.5 Å². The fourth-order valence-corrected chi connectivity index (χ4v) is 3.41. The van der Waals surface area contributed by atoms with E-state index in [0.717, 1.165) is 16.7 Å². The summed E-state index contributed by atoms with van der Waals surface area (Å²) < 4.78 is 16.5. The highest BCUT2D eigenvalue weighted by atomic mass is 16.5. The highest BCUT2D eigenvalue weighted by Gasteiger charge is 2.08. The molecule has 0 bridgehead atoms. The summed E-state index contributed by atoms with van der Waals surface area (Å²) >= 11 is 0. The first-order chi connectivity index (χ1) is 16.2. The van der Waals surface area contributed by atoms with E-state index in [-0.39, 0.29) is 5.91 Å². The van der Waals surface area contributed by atoms with E-state index < -0.39 is 0 Å². The van der Waals surface area contributed by atoms with Gasteiger partial charge in [-0.3, -0.25) is 4.79 Å². The third-order valence-corrected chi connectivity index (χ3v) is 5.15. The van der Waals surface area contributed by atoms with Crippen LogP contribution in [0.15, 0.2) is 90.0 Å². The van der Waals surface area contributed by atoms with E-state index >= 15 is 0 Å². The van der Waals surface area contributed by atoms with Gasteiger partial charge >= 0.3 is 0 Å². The maximum Gasteiger partial charge on any atom is 0.271 e. The topological polar surface area (TPSA) is 69.2 Å². The Morgan fingerprint density at radius 1 is 0.879 bits per heavy atom. The van der Waals surface area contributed by atoms with Gasteiger partial charge in [-0.15, -0.1) is 0 Å². The van der Waals surface area contributed by atoms with Gasteiger partial charge in [0.05, 0.1) is 20.4 Å². The second-order valence-electron chi connectivity index (χ2n) is 7.28. The van der Waals surface area contributed by atoms with Crippen LogP contribution in [0, 0.1) is 0 Å². The Morgan fingerprint density at radius 3 is 2.42 bits per heavy atom. The molecule has 6 heteroatoms.